The van der Waals surface area contributed by atoms with Crippen molar-refractivity contribution in [3.8, 4) is 0 Å². The summed E-state index contributed by atoms with van der Waals surface area (Å²) in [5.41, 5.74) is 0.954. The van der Waals surface area contributed by atoms with Gasteiger partial charge in [-0.1, -0.05) is 0 Å². The Morgan fingerprint density at radius 2 is 2.24 bits per heavy atom. The molecule has 0 aliphatic heterocycles. The molecule has 0 spiro atoms. The first-order valence-electron chi connectivity index (χ1n) is 5.28. The van der Waals surface area contributed by atoms with Crippen LogP contribution in [0.2, 0.25) is 0 Å². The van der Waals surface area contributed by atoms with Crippen molar-refractivity contribution in [1.82, 2.24) is 9.88 Å². The van der Waals surface area contributed by atoms with Gasteiger partial charge in [-0.3, -0.25) is 4.79 Å². The number of nitrogens with one attached hydrogen (secondary N) is 1. The number of halogens is 2. The molecule has 1 aromatic heterocycles. The second kappa shape index (κ2) is 6.12. The highest BCUT2D eigenvalue weighted by Crippen LogP contribution is 2.08. The molecule has 0 fully saturated rings. The van der Waals surface area contributed by atoms with Gasteiger partial charge >= 0.3 is 0 Å². The van der Waals surface area contributed by atoms with E-state index in [0.29, 0.717) is 0 Å². The molecule has 1 heterocycles. The van der Waals surface area contributed by atoms with E-state index in [1.54, 1.807) is 6.07 Å². The fraction of sp³-hybridized carbons (Fsp3) is 0.455. The third kappa shape index (κ3) is 3.97. The van der Waals surface area contributed by atoms with Crippen LogP contribution in [0.1, 0.15) is 17.4 Å². The Labute approximate surface area is 98.6 Å². The minimum atomic E-state index is -2.54. The number of pyridine rings is 1. The van der Waals surface area contributed by atoms with Crippen LogP contribution in [0.15, 0.2) is 18.3 Å². The van der Waals surface area contributed by atoms with Crippen molar-refractivity contribution in [2.75, 3.05) is 25.5 Å². The molecule has 17 heavy (non-hydrogen) atoms. The van der Waals surface area contributed by atoms with E-state index in [2.05, 4.69) is 10.3 Å². The number of carbonyl (C=O) groups is 1. The van der Waals surface area contributed by atoms with Gasteiger partial charge in [0.1, 0.15) is 5.69 Å². The molecule has 0 radical (unpaired) electrons. The van der Waals surface area contributed by atoms with Gasteiger partial charge in [0.05, 0.1) is 18.4 Å². The van der Waals surface area contributed by atoms with E-state index in [1.807, 2.05) is 6.92 Å². The molecule has 1 amide bonds. The molecule has 0 bridgehead atoms. The molecule has 0 aromatic carbocycles. The fourth-order valence-electron chi connectivity index (χ4n) is 1.31. The number of aromatic nitrogens is 1. The maximum atomic E-state index is 12.1. The van der Waals surface area contributed by atoms with E-state index < -0.39 is 18.9 Å². The van der Waals surface area contributed by atoms with Gasteiger partial charge in [0.2, 0.25) is 0 Å². The van der Waals surface area contributed by atoms with Gasteiger partial charge < -0.3 is 10.2 Å². The lowest BCUT2D eigenvalue weighted by molar-refractivity contribution is 0.0615. The molecule has 0 unspecified atom stereocenters. The first kappa shape index (κ1) is 13.3. The normalized spacial score (nSPS) is 10.4. The zero-order chi connectivity index (χ0) is 12.8. The highest BCUT2D eigenvalue weighted by atomic mass is 19.3. The lowest BCUT2D eigenvalue weighted by atomic mass is 10.3. The summed E-state index contributed by atoms with van der Waals surface area (Å²) in [5.74, 6) is -0.506. The molecular weight excluding hydrogens is 228 g/mol. The van der Waals surface area contributed by atoms with Crippen molar-refractivity contribution in [2.24, 2.45) is 0 Å². The van der Waals surface area contributed by atoms with E-state index in [4.69, 9.17) is 0 Å². The third-order valence-corrected chi connectivity index (χ3v) is 2.12. The molecule has 94 valence electrons. The van der Waals surface area contributed by atoms with Gasteiger partial charge in [0.25, 0.3) is 12.3 Å². The highest BCUT2D eigenvalue weighted by Gasteiger charge is 2.16. The Hall–Kier alpha value is -1.72. The molecule has 0 atom stereocenters. The predicted octanol–water partition coefficient (Wildman–Crippen LogP) is 1.85. The minimum Gasteiger partial charge on any atom is -0.384 e. The number of nitrogens with zero attached hydrogens (tertiary/aromatic N) is 2. The van der Waals surface area contributed by atoms with Crippen molar-refractivity contribution in [3.63, 3.8) is 0 Å². The van der Waals surface area contributed by atoms with Crippen LogP contribution in [-0.2, 0) is 0 Å². The van der Waals surface area contributed by atoms with E-state index in [9.17, 15) is 13.6 Å². The van der Waals surface area contributed by atoms with Crippen LogP contribution < -0.4 is 5.32 Å². The number of amides is 1. The zero-order valence-corrected chi connectivity index (χ0v) is 9.78. The molecule has 6 heteroatoms. The standard InChI is InChI=1S/C11H15F2N3O/c1-3-14-8-4-5-9(15-6-8)11(17)16(2)7-10(12)13/h4-6,10,14H,3,7H2,1-2H3. The fourth-order valence-corrected chi connectivity index (χ4v) is 1.31. The van der Waals surface area contributed by atoms with Gasteiger partial charge in [-0.25, -0.2) is 13.8 Å². The maximum Gasteiger partial charge on any atom is 0.272 e. The maximum absolute atomic E-state index is 12.1. The number of anilines is 1. The summed E-state index contributed by atoms with van der Waals surface area (Å²) < 4.78 is 24.2. The van der Waals surface area contributed by atoms with E-state index in [1.165, 1.54) is 19.3 Å². The molecule has 4 nitrogen and oxygen atoms in total. The monoisotopic (exact) mass is 243 g/mol. The number of carbonyl (C=O) groups excluding carboxylic acids is 1. The second-order valence-electron chi connectivity index (χ2n) is 3.54. The summed E-state index contributed by atoms with van der Waals surface area (Å²) in [7, 11) is 1.33. The minimum absolute atomic E-state index is 0.162. The lowest BCUT2D eigenvalue weighted by Gasteiger charge is -2.15. The quantitative estimate of drug-likeness (QED) is 0.858. The van der Waals surface area contributed by atoms with Crippen LogP contribution in [-0.4, -0.2) is 42.4 Å². The largest absolute Gasteiger partial charge is 0.384 e. The van der Waals surface area contributed by atoms with Crippen molar-refractivity contribution < 1.29 is 13.6 Å². The molecular formula is C11H15F2N3O. The summed E-state index contributed by atoms with van der Waals surface area (Å²) in [6.07, 6.45) is -1.03. The molecule has 0 aliphatic carbocycles. The Morgan fingerprint density at radius 1 is 1.53 bits per heavy atom. The summed E-state index contributed by atoms with van der Waals surface area (Å²) in [6.45, 7) is 2.10. The summed E-state index contributed by atoms with van der Waals surface area (Å²) in [6, 6.07) is 3.21. The van der Waals surface area contributed by atoms with E-state index in [-0.39, 0.29) is 5.69 Å². The van der Waals surface area contributed by atoms with Crippen molar-refractivity contribution >= 4 is 11.6 Å². The number of hydrogen-bond acceptors (Lipinski definition) is 3. The molecule has 1 aromatic rings. The van der Waals surface area contributed by atoms with Crippen LogP contribution in [0.4, 0.5) is 14.5 Å². The van der Waals surface area contributed by atoms with Gasteiger partial charge in [-0.05, 0) is 19.1 Å². The molecule has 1 rings (SSSR count). The Balaban J connectivity index is 2.69. The van der Waals surface area contributed by atoms with E-state index >= 15 is 0 Å². The van der Waals surface area contributed by atoms with Crippen LogP contribution in [0.25, 0.3) is 0 Å². The first-order chi connectivity index (χ1) is 8.04. The number of rotatable bonds is 5. The molecule has 0 saturated carbocycles. The van der Waals surface area contributed by atoms with Gasteiger partial charge in [-0.15, -0.1) is 0 Å². The Kier molecular flexibility index (Phi) is 4.81. The zero-order valence-electron chi connectivity index (χ0n) is 9.78. The van der Waals surface area contributed by atoms with Gasteiger partial charge in [-0.2, -0.15) is 0 Å². The number of alkyl halides is 2. The van der Waals surface area contributed by atoms with Crippen molar-refractivity contribution in [1.29, 1.82) is 0 Å². The van der Waals surface area contributed by atoms with Crippen LogP contribution in [0.5, 0.6) is 0 Å². The Morgan fingerprint density at radius 3 is 2.71 bits per heavy atom. The average molecular weight is 243 g/mol. The third-order valence-electron chi connectivity index (χ3n) is 2.12. The summed E-state index contributed by atoms with van der Waals surface area (Å²) in [4.78, 5) is 16.5. The Bertz CT molecular complexity index is 367. The second-order valence-corrected chi connectivity index (χ2v) is 3.54. The topological polar surface area (TPSA) is 45.2 Å². The molecule has 0 aliphatic rings. The molecule has 1 N–H and O–H groups in total. The van der Waals surface area contributed by atoms with Gasteiger partial charge in [0.15, 0.2) is 0 Å². The van der Waals surface area contributed by atoms with Crippen molar-refractivity contribution in [3.05, 3.63) is 24.0 Å². The average Bonchev–Trinajstić information content (AvgIpc) is 2.28. The molecule has 0 saturated heterocycles. The smallest absolute Gasteiger partial charge is 0.272 e. The SMILES string of the molecule is CCNc1ccc(C(=O)N(C)CC(F)F)nc1. The lowest BCUT2D eigenvalue weighted by Crippen LogP contribution is -2.31. The first-order valence-corrected chi connectivity index (χ1v) is 5.28. The summed E-state index contributed by atoms with van der Waals surface area (Å²) >= 11 is 0. The predicted molar refractivity (Wildman–Crippen MR) is 61.4 cm³/mol. The van der Waals surface area contributed by atoms with Crippen molar-refractivity contribution in [2.45, 2.75) is 13.3 Å². The van der Waals surface area contributed by atoms with E-state index in [0.717, 1.165) is 17.1 Å². The van der Waals surface area contributed by atoms with Gasteiger partial charge in [0, 0.05) is 13.6 Å². The van der Waals surface area contributed by atoms with Crippen LogP contribution in [0.3, 0.4) is 0 Å². The summed E-state index contributed by atoms with van der Waals surface area (Å²) in [5, 5.41) is 3.03. The van der Waals surface area contributed by atoms with Crippen LogP contribution >= 0.6 is 0 Å². The van der Waals surface area contributed by atoms with Crippen LogP contribution in [0, 0.1) is 0 Å². The highest BCUT2D eigenvalue weighted by molar-refractivity contribution is 5.92. The number of hydrogen-bond donors (Lipinski definition) is 1.